The average molecular weight is 695 g/mol. The van der Waals surface area contributed by atoms with E-state index in [0.717, 1.165) is 13.8 Å². The van der Waals surface area contributed by atoms with Crippen molar-refractivity contribution < 1.29 is 78.4 Å². The first-order valence-corrected chi connectivity index (χ1v) is 15.2. The number of ether oxygens (including phenoxy) is 4. The molecule has 2 saturated heterocycles. The van der Waals surface area contributed by atoms with Gasteiger partial charge in [-0.05, 0) is 27.2 Å². The van der Waals surface area contributed by atoms with Crippen LogP contribution in [0.1, 0.15) is 47.5 Å². The van der Waals surface area contributed by atoms with Gasteiger partial charge in [-0.25, -0.2) is 0 Å². The number of Topliss-reactive ketones (excluding diaryl/α,β-unsaturated/α-hetero) is 1. The number of carboxylic acid groups (broad SMARTS) is 1. The predicted octanol–water partition coefficient (Wildman–Crippen LogP) is -5.25. The van der Waals surface area contributed by atoms with Gasteiger partial charge < -0.3 is 70.9 Å². The lowest BCUT2D eigenvalue weighted by molar-refractivity contribution is -0.333. The smallest absolute Gasteiger partial charge is 0.303 e. The molecule has 0 spiro atoms. The van der Waals surface area contributed by atoms with E-state index >= 15 is 0 Å². The topological polar surface area (TPSA) is 309 Å². The van der Waals surface area contributed by atoms with E-state index in [1.54, 1.807) is 0 Å². The lowest BCUT2D eigenvalue weighted by Crippen LogP contribution is -2.70. The van der Waals surface area contributed by atoms with E-state index in [4.69, 9.17) is 24.1 Å². The molecule has 0 aromatic heterocycles. The zero-order valence-corrected chi connectivity index (χ0v) is 27.1. The molecule has 0 unspecified atom stereocenters. The number of carboxylic acids is 1. The second kappa shape index (κ2) is 18.4. The quantitative estimate of drug-likeness (QED) is 0.0722. The largest absolute Gasteiger partial charge is 0.481 e. The minimum absolute atomic E-state index is 0.177. The van der Waals surface area contributed by atoms with Crippen LogP contribution >= 0.6 is 0 Å². The summed E-state index contributed by atoms with van der Waals surface area (Å²) in [6.07, 6.45) is -14.8. The van der Waals surface area contributed by atoms with Crippen molar-refractivity contribution in [3.05, 3.63) is 0 Å². The van der Waals surface area contributed by atoms with Crippen molar-refractivity contribution in [2.75, 3.05) is 13.2 Å². The highest BCUT2D eigenvalue weighted by Gasteiger charge is 2.52. The van der Waals surface area contributed by atoms with Gasteiger partial charge in [0.05, 0.1) is 19.3 Å². The van der Waals surface area contributed by atoms with E-state index in [-0.39, 0.29) is 6.42 Å². The summed E-state index contributed by atoms with van der Waals surface area (Å²) in [6, 6.07) is -5.27. The first-order valence-electron chi connectivity index (χ1n) is 15.2. The zero-order valence-electron chi connectivity index (χ0n) is 27.1. The number of nitrogens with one attached hydrogen (secondary N) is 4. The van der Waals surface area contributed by atoms with Crippen LogP contribution in [0.3, 0.4) is 0 Å². The summed E-state index contributed by atoms with van der Waals surface area (Å²) < 4.78 is 23.0. The van der Waals surface area contributed by atoms with Crippen molar-refractivity contribution in [3.8, 4) is 0 Å². The number of carbonyl (C=O) groups is 6. The van der Waals surface area contributed by atoms with Crippen molar-refractivity contribution >= 4 is 35.4 Å². The Kier molecular flexibility index (Phi) is 15.7. The summed E-state index contributed by atoms with van der Waals surface area (Å²) in [5.74, 6) is -4.71. The molecular formula is C28H46N4O16. The number of ketones is 1. The molecular weight excluding hydrogens is 648 g/mol. The van der Waals surface area contributed by atoms with Gasteiger partial charge in [0.1, 0.15) is 60.9 Å². The zero-order chi connectivity index (χ0) is 36.5. The highest BCUT2D eigenvalue weighted by molar-refractivity contribution is 5.92. The molecule has 0 aromatic carbocycles. The molecule has 0 saturated carbocycles. The standard InChI is InChI=1S/C28H46N4O16/c1-10(25(42)32-15(11(2)35)6-7-18(38)39)29-26(43)12(3)45-24-20(31-14(5)37)27(44)46-17(9-34)23(24)48-28-19(30-13(4)36)22(41)21(40)16(8-33)47-28/h10,12,15-17,19-24,27-28,33-34,40-41,44H,6-9H2,1-5H3,(H,29,43)(H,30,36)(H,31,37)(H,32,42)(H,38,39)/t10-,12+,15+,16+,17+,19+,20+,21+,22+,23+,24+,27-,28-/m0/s1. The first-order chi connectivity index (χ1) is 22.4. The monoisotopic (exact) mass is 694 g/mol. The minimum atomic E-state index is -1.82. The molecule has 2 aliphatic rings. The second-order valence-electron chi connectivity index (χ2n) is 11.6. The van der Waals surface area contributed by atoms with Gasteiger partial charge in [-0.2, -0.15) is 0 Å². The fraction of sp³-hybridized carbons (Fsp3) is 0.786. The Bertz CT molecular complexity index is 1160. The minimum Gasteiger partial charge on any atom is -0.481 e. The predicted molar refractivity (Wildman–Crippen MR) is 157 cm³/mol. The maximum atomic E-state index is 13.2. The van der Waals surface area contributed by atoms with Crippen LogP contribution in [-0.2, 0) is 47.7 Å². The number of amides is 4. The molecule has 0 bridgehead atoms. The van der Waals surface area contributed by atoms with E-state index in [2.05, 4.69) is 21.3 Å². The van der Waals surface area contributed by atoms with Gasteiger partial charge in [-0.3, -0.25) is 28.8 Å². The van der Waals surface area contributed by atoms with Crippen LogP contribution in [0.5, 0.6) is 0 Å². The molecule has 4 amide bonds. The molecule has 2 rings (SSSR count). The Morgan fingerprint density at radius 1 is 0.771 bits per heavy atom. The third kappa shape index (κ3) is 11.1. The number of aliphatic hydroxyl groups excluding tert-OH is 5. The Balaban J connectivity index is 2.34. The third-order valence-corrected chi connectivity index (χ3v) is 7.69. The Morgan fingerprint density at radius 3 is 1.88 bits per heavy atom. The molecule has 0 radical (unpaired) electrons. The second-order valence-corrected chi connectivity index (χ2v) is 11.6. The van der Waals surface area contributed by atoms with Crippen molar-refractivity contribution in [3.63, 3.8) is 0 Å². The van der Waals surface area contributed by atoms with Crippen LogP contribution in [0.4, 0.5) is 0 Å². The van der Waals surface area contributed by atoms with Gasteiger partial charge in [0.2, 0.25) is 23.6 Å². The van der Waals surface area contributed by atoms with Gasteiger partial charge >= 0.3 is 5.97 Å². The average Bonchev–Trinajstić information content (AvgIpc) is 3.00. The summed E-state index contributed by atoms with van der Waals surface area (Å²) in [7, 11) is 0. The van der Waals surface area contributed by atoms with Crippen molar-refractivity contribution in [1.29, 1.82) is 0 Å². The van der Waals surface area contributed by atoms with Gasteiger partial charge in [0.15, 0.2) is 18.4 Å². The summed E-state index contributed by atoms with van der Waals surface area (Å²) in [5.41, 5.74) is 0. The first kappa shape index (κ1) is 40.8. The van der Waals surface area contributed by atoms with Crippen LogP contribution in [0.25, 0.3) is 0 Å². The number of hydrogen-bond acceptors (Lipinski definition) is 15. The van der Waals surface area contributed by atoms with E-state index < -0.39 is 134 Å². The number of aliphatic carboxylic acids is 1. The normalized spacial score (nSPS) is 32.2. The summed E-state index contributed by atoms with van der Waals surface area (Å²) >= 11 is 0. The lowest BCUT2D eigenvalue weighted by Gasteiger charge is -2.48. The van der Waals surface area contributed by atoms with Crippen LogP contribution < -0.4 is 21.3 Å². The lowest BCUT2D eigenvalue weighted by atomic mass is 9.94. The number of hydrogen-bond donors (Lipinski definition) is 10. The Morgan fingerprint density at radius 2 is 1.35 bits per heavy atom. The molecule has 20 nitrogen and oxygen atoms in total. The van der Waals surface area contributed by atoms with Crippen LogP contribution in [-0.4, -0.2) is 159 Å². The number of carbonyl (C=O) groups excluding carboxylic acids is 5. The molecule has 20 heteroatoms. The molecule has 10 N–H and O–H groups in total. The molecule has 2 aliphatic heterocycles. The Labute approximate surface area is 275 Å². The maximum Gasteiger partial charge on any atom is 0.303 e. The summed E-state index contributed by atoms with van der Waals surface area (Å²) in [5, 5.41) is 70.1. The van der Waals surface area contributed by atoms with Crippen LogP contribution in [0.15, 0.2) is 0 Å². The molecule has 13 atom stereocenters. The maximum absolute atomic E-state index is 13.2. The van der Waals surface area contributed by atoms with Gasteiger partial charge in [0, 0.05) is 20.3 Å². The number of aliphatic hydroxyl groups is 5. The van der Waals surface area contributed by atoms with Crippen molar-refractivity contribution in [1.82, 2.24) is 21.3 Å². The highest BCUT2D eigenvalue weighted by atomic mass is 16.7. The molecule has 0 aliphatic carbocycles. The van der Waals surface area contributed by atoms with Crippen LogP contribution in [0, 0.1) is 0 Å². The molecule has 0 aromatic rings. The highest BCUT2D eigenvalue weighted by Crippen LogP contribution is 2.31. The van der Waals surface area contributed by atoms with Crippen molar-refractivity contribution in [2.45, 2.75) is 127 Å². The van der Waals surface area contributed by atoms with E-state index in [1.807, 2.05) is 0 Å². The van der Waals surface area contributed by atoms with E-state index in [9.17, 15) is 54.3 Å². The fourth-order valence-corrected chi connectivity index (χ4v) is 5.16. The molecule has 48 heavy (non-hydrogen) atoms. The van der Waals surface area contributed by atoms with Gasteiger partial charge in [0.25, 0.3) is 0 Å². The summed E-state index contributed by atoms with van der Waals surface area (Å²) in [4.78, 5) is 72.7. The summed E-state index contributed by atoms with van der Waals surface area (Å²) in [6.45, 7) is 4.33. The SMILES string of the molecule is CC(=O)N[C@@H]1[C@@H](O[C@H](C)C(=O)N[C@@H](C)C(=O)N[C@H](CCC(=O)O)C(C)=O)[C@H](O[C@@H]2O[C@H](CO)[C@@H](O)[C@H](O)[C@H]2NC(C)=O)[C@@H](CO)O[C@@H]1O. The van der Waals surface area contributed by atoms with E-state index in [1.165, 1.54) is 20.8 Å². The number of rotatable bonds is 16. The van der Waals surface area contributed by atoms with Crippen molar-refractivity contribution in [2.24, 2.45) is 0 Å². The Hall–Kier alpha value is -3.34. The van der Waals surface area contributed by atoms with Crippen LogP contribution in [0.2, 0.25) is 0 Å². The van der Waals surface area contributed by atoms with Gasteiger partial charge in [-0.1, -0.05) is 0 Å². The molecule has 274 valence electrons. The molecule has 2 fully saturated rings. The third-order valence-electron chi connectivity index (χ3n) is 7.69. The fourth-order valence-electron chi connectivity index (χ4n) is 5.16. The van der Waals surface area contributed by atoms with E-state index in [0.29, 0.717) is 0 Å². The van der Waals surface area contributed by atoms with Gasteiger partial charge in [-0.15, -0.1) is 0 Å². The molecule has 2 heterocycles.